The van der Waals surface area contributed by atoms with E-state index in [0.717, 1.165) is 12.8 Å². The van der Waals surface area contributed by atoms with Crippen LogP contribution >= 0.6 is 24.8 Å². The predicted octanol–water partition coefficient (Wildman–Crippen LogP) is 3.99. The molecular formula is C11H14Cl2Ti. The molecule has 0 fully saturated rings. The van der Waals surface area contributed by atoms with E-state index in [4.69, 9.17) is 0 Å². The molecule has 0 amide bonds. The molecule has 0 atom stereocenters. The third-order valence-electron chi connectivity index (χ3n) is 2.15. The van der Waals surface area contributed by atoms with E-state index in [-0.39, 0.29) is 46.5 Å². The van der Waals surface area contributed by atoms with Crippen molar-refractivity contribution >= 4 is 24.8 Å². The van der Waals surface area contributed by atoms with Crippen molar-refractivity contribution in [2.45, 2.75) is 19.3 Å². The van der Waals surface area contributed by atoms with Gasteiger partial charge in [0.25, 0.3) is 0 Å². The Kier molecular flexibility index (Phi) is 10.2. The van der Waals surface area contributed by atoms with Crippen molar-refractivity contribution in [1.29, 1.82) is 0 Å². The van der Waals surface area contributed by atoms with Crippen molar-refractivity contribution < 1.29 is 21.7 Å². The molecule has 0 unspecified atom stereocenters. The van der Waals surface area contributed by atoms with Crippen LogP contribution in [0.25, 0.3) is 0 Å². The summed E-state index contributed by atoms with van der Waals surface area (Å²) >= 11 is 0. The van der Waals surface area contributed by atoms with E-state index in [1.165, 1.54) is 6.42 Å². The van der Waals surface area contributed by atoms with E-state index >= 15 is 0 Å². The standard InChI is InChI=1S/C11H12.2ClH.Ti/c1-2-6-10(5-1)9-11-7-3-4-8-11;;;/h1-5,7H,6,8-9H2;2*1H;. The fourth-order valence-corrected chi connectivity index (χ4v) is 1.54. The van der Waals surface area contributed by atoms with Gasteiger partial charge >= 0.3 is 0 Å². The molecule has 2 rings (SSSR count). The van der Waals surface area contributed by atoms with E-state index in [1.807, 2.05) is 0 Å². The molecule has 0 spiro atoms. The molecule has 2 aliphatic rings. The average molecular weight is 265 g/mol. The molecule has 0 aromatic carbocycles. The smallest absolute Gasteiger partial charge is 0 e. The summed E-state index contributed by atoms with van der Waals surface area (Å²) in [6, 6.07) is 0. The van der Waals surface area contributed by atoms with Crippen LogP contribution in [0.1, 0.15) is 19.3 Å². The zero-order valence-corrected chi connectivity index (χ0v) is 11.1. The first-order chi connectivity index (χ1) is 5.45. The first-order valence-corrected chi connectivity index (χ1v) is 4.14. The second-order valence-corrected chi connectivity index (χ2v) is 3.09. The van der Waals surface area contributed by atoms with E-state index in [1.54, 1.807) is 11.1 Å². The summed E-state index contributed by atoms with van der Waals surface area (Å²) in [6.07, 6.45) is 16.7. The van der Waals surface area contributed by atoms with Gasteiger partial charge in [-0.15, -0.1) is 24.8 Å². The van der Waals surface area contributed by atoms with Gasteiger partial charge < -0.3 is 0 Å². The minimum Gasteiger partial charge on any atom is -0.147 e. The predicted molar refractivity (Wildman–Crippen MR) is 62.8 cm³/mol. The van der Waals surface area contributed by atoms with Crippen molar-refractivity contribution in [2.75, 3.05) is 0 Å². The Bertz CT molecular complexity index is 247. The zero-order valence-electron chi connectivity index (χ0n) is 7.90. The van der Waals surface area contributed by atoms with Gasteiger partial charge in [-0.25, -0.2) is 0 Å². The topological polar surface area (TPSA) is 0 Å². The van der Waals surface area contributed by atoms with Gasteiger partial charge in [0.05, 0.1) is 0 Å². The van der Waals surface area contributed by atoms with Crippen LogP contribution in [-0.4, -0.2) is 0 Å². The van der Waals surface area contributed by atoms with Crippen molar-refractivity contribution in [3.63, 3.8) is 0 Å². The summed E-state index contributed by atoms with van der Waals surface area (Å²) in [7, 11) is 0. The summed E-state index contributed by atoms with van der Waals surface area (Å²) in [5, 5.41) is 0. The molecule has 0 nitrogen and oxygen atoms in total. The van der Waals surface area contributed by atoms with Crippen molar-refractivity contribution in [2.24, 2.45) is 0 Å². The quantitative estimate of drug-likeness (QED) is 0.662. The fraction of sp³-hybridized carbons (Fsp3) is 0.273. The Hall–Kier alpha value is 0.254. The maximum Gasteiger partial charge on any atom is 0 e. The summed E-state index contributed by atoms with van der Waals surface area (Å²) < 4.78 is 0. The van der Waals surface area contributed by atoms with Crippen LogP contribution in [0.3, 0.4) is 0 Å². The first-order valence-electron chi connectivity index (χ1n) is 4.14. The molecule has 0 bridgehead atoms. The largest absolute Gasteiger partial charge is 0.147 e. The second kappa shape index (κ2) is 8.55. The molecule has 0 radical (unpaired) electrons. The van der Waals surface area contributed by atoms with E-state index in [0.29, 0.717) is 0 Å². The van der Waals surface area contributed by atoms with Gasteiger partial charge in [-0.3, -0.25) is 0 Å². The SMILES string of the molecule is C1=CCC(CC2=CC=CC2)=C1.Cl.Cl.[Ti]. The molecule has 0 aromatic heterocycles. The third-order valence-corrected chi connectivity index (χ3v) is 2.15. The normalized spacial score (nSPS) is 16.3. The van der Waals surface area contributed by atoms with Gasteiger partial charge in [0.15, 0.2) is 0 Å². The number of hydrogen-bond donors (Lipinski definition) is 0. The van der Waals surface area contributed by atoms with Crippen LogP contribution in [-0.2, 0) is 21.7 Å². The van der Waals surface area contributed by atoms with Gasteiger partial charge in [0.2, 0.25) is 0 Å². The maximum atomic E-state index is 2.24. The summed E-state index contributed by atoms with van der Waals surface area (Å²) in [6.45, 7) is 0. The van der Waals surface area contributed by atoms with Gasteiger partial charge in [0, 0.05) is 21.7 Å². The van der Waals surface area contributed by atoms with Crippen LogP contribution < -0.4 is 0 Å². The molecule has 14 heavy (non-hydrogen) atoms. The zero-order chi connectivity index (χ0) is 7.52. The minimum atomic E-state index is 0. The first kappa shape index (κ1) is 16.7. The molecule has 0 saturated heterocycles. The maximum absolute atomic E-state index is 2.24. The summed E-state index contributed by atoms with van der Waals surface area (Å²) in [4.78, 5) is 0. The van der Waals surface area contributed by atoms with Gasteiger partial charge in [-0.1, -0.05) is 47.6 Å². The minimum absolute atomic E-state index is 0. The molecule has 0 aromatic rings. The van der Waals surface area contributed by atoms with Crippen molar-refractivity contribution in [3.05, 3.63) is 47.6 Å². The molecule has 0 saturated carbocycles. The Morgan fingerprint density at radius 2 is 1.29 bits per heavy atom. The van der Waals surface area contributed by atoms with Crippen molar-refractivity contribution in [3.8, 4) is 0 Å². The summed E-state index contributed by atoms with van der Waals surface area (Å²) in [5.74, 6) is 0. The molecule has 3 heteroatoms. The van der Waals surface area contributed by atoms with Crippen LogP contribution in [0.5, 0.6) is 0 Å². The van der Waals surface area contributed by atoms with E-state index in [2.05, 4.69) is 36.5 Å². The fourth-order valence-electron chi connectivity index (χ4n) is 1.54. The van der Waals surface area contributed by atoms with Gasteiger partial charge in [0.1, 0.15) is 0 Å². The Morgan fingerprint density at radius 3 is 1.57 bits per heavy atom. The second-order valence-electron chi connectivity index (χ2n) is 3.09. The average Bonchev–Trinajstić information content (AvgIpc) is 2.60. The molecule has 0 heterocycles. The van der Waals surface area contributed by atoms with E-state index in [9.17, 15) is 0 Å². The molecule has 0 aliphatic heterocycles. The Morgan fingerprint density at radius 1 is 0.857 bits per heavy atom. The third kappa shape index (κ3) is 4.66. The Balaban J connectivity index is 0. The van der Waals surface area contributed by atoms with Crippen LogP contribution in [0.4, 0.5) is 0 Å². The van der Waals surface area contributed by atoms with Gasteiger partial charge in [-0.2, -0.15) is 0 Å². The van der Waals surface area contributed by atoms with Crippen LogP contribution in [0.2, 0.25) is 0 Å². The monoisotopic (exact) mass is 264 g/mol. The number of rotatable bonds is 2. The van der Waals surface area contributed by atoms with Crippen LogP contribution in [0.15, 0.2) is 47.6 Å². The van der Waals surface area contributed by atoms with Crippen LogP contribution in [0, 0.1) is 0 Å². The molecule has 0 N–H and O–H groups in total. The summed E-state index contributed by atoms with van der Waals surface area (Å²) in [5.41, 5.74) is 3.11. The molecular weight excluding hydrogens is 251 g/mol. The number of hydrogen-bond acceptors (Lipinski definition) is 0. The van der Waals surface area contributed by atoms with E-state index < -0.39 is 0 Å². The molecule has 2 aliphatic carbocycles. The molecule has 76 valence electrons. The van der Waals surface area contributed by atoms with Crippen molar-refractivity contribution in [1.82, 2.24) is 0 Å². The Labute approximate surface area is 113 Å². The number of halogens is 2. The number of allylic oxidation sites excluding steroid dienone is 8. The van der Waals surface area contributed by atoms with Gasteiger partial charge in [-0.05, 0) is 19.3 Å².